The number of methoxy groups -OCH3 is 1. The van der Waals surface area contributed by atoms with Crippen LogP contribution in [-0.4, -0.2) is 24.9 Å². The van der Waals surface area contributed by atoms with Crippen molar-refractivity contribution in [2.75, 3.05) is 7.11 Å². The Bertz CT molecular complexity index is 270. The topological polar surface area (TPSA) is 98.5 Å². The highest BCUT2D eigenvalue weighted by Crippen LogP contribution is 1.92. The van der Waals surface area contributed by atoms with Crippen molar-refractivity contribution in [2.24, 2.45) is 5.73 Å². The van der Waals surface area contributed by atoms with Crippen LogP contribution in [0.5, 0.6) is 0 Å². The third-order valence-corrected chi connectivity index (χ3v) is 1.15. The van der Waals surface area contributed by atoms with Gasteiger partial charge < -0.3 is 15.8 Å². The van der Waals surface area contributed by atoms with Gasteiger partial charge in [-0.1, -0.05) is 0 Å². The number of nitrogens with two attached hydrogens (primary N) is 1. The van der Waals surface area contributed by atoms with Crippen molar-refractivity contribution in [3.05, 3.63) is 11.8 Å². The molecule has 0 radical (unpaired) electrons. The van der Waals surface area contributed by atoms with Crippen LogP contribution in [0.4, 0.5) is 0 Å². The van der Waals surface area contributed by atoms with Crippen molar-refractivity contribution < 1.29 is 19.1 Å². The molecule has 0 aromatic rings. The molecule has 0 spiro atoms. The molecule has 0 unspecified atom stereocenters. The fourth-order valence-electron chi connectivity index (χ4n) is 0.465. The number of hydrogen-bond donors (Lipinski definition) is 2. The molecule has 0 aromatic heterocycles. The van der Waals surface area contributed by atoms with E-state index in [9.17, 15) is 14.4 Å². The summed E-state index contributed by atoms with van der Waals surface area (Å²) in [6.07, 6.45) is 1.05. The monoisotopic (exact) mass is 186 g/mol. The molecule has 0 aliphatic rings. The van der Waals surface area contributed by atoms with Crippen molar-refractivity contribution >= 4 is 17.8 Å². The first-order valence-electron chi connectivity index (χ1n) is 3.34. The third-order valence-electron chi connectivity index (χ3n) is 1.15. The fourth-order valence-corrected chi connectivity index (χ4v) is 0.465. The zero-order valence-electron chi connectivity index (χ0n) is 7.29. The molecule has 0 aliphatic heterocycles. The molecule has 2 amide bonds. The Kier molecular flexibility index (Phi) is 4.21. The number of nitrogens with one attached hydrogen (secondary N) is 1. The first-order chi connectivity index (χ1) is 5.99. The molecule has 0 atom stereocenters. The van der Waals surface area contributed by atoms with Gasteiger partial charge >= 0.3 is 17.8 Å². The van der Waals surface area contributed by atoms with Crippen LogP contribution in [-0.2, 0) is 19.1 Å². The van der Waals surface area contributed by atoms with Crippen molar-refractivity contribution in [1.29, 1.82) is 0 Å². The number of rotatable bonds is 2. The summed E-state index contributed by atoms with van der Waals surface area (Å²) < 4.78 is 4.33. The number of amides is 2. The molecule has 0 saturated carbocycles. The van der Waals surface area contributed by atoms with Gasteiger partial charge in [-0.15, -0.1) is 0 Å². The third kappa shape index (κ3) is 3.90. The first kappa shape index (κ1) is 11.2. The maximum atomic E-state index is 10.7. The molecule has 0 fully saturated rings. The van der Waals surface area contributed by atoms with Crippen molar-refractivity contribution in [3.8, 4) is 0 Å². The zero-order valence-corrected chi connectivity index (χ0v) is 7.29. The van der Waals surface area contributed by atoms with Crippen LogP contribution < -0.4 is 11.1 Å². The molecule has 6 nitrogen and oxygen atoms in total. The molecule has 0 aromatic carbocycles. The van der Waals surface area contributed by atoms with E-state index >= 15 is 0 Å². The minimum absolute atomic E-state index is 0.164. The van der Waals surface area contributed by atoms with Gasteiger partial charge in [0.1, 0.15) is 0 Å². The molecule has 0 bridgehead atoms. The largest absolute Gasteiger partial charge is 0.466 e. The summed E-state index contributed by atoms with van der Waals surface area (Å²) in [7, 11) is 1.20. The van der Waals surface area contributed by atoms with E-state index in [0.29, 0.717) is 0 Å². The highest BCUT2D eigenvalue weighted by molar-refractivity contribution is 6.34. The van der Waals surface area contributed by atoms with Gasteiger partial charge in [-0.25, -0.2) is 4.79 Å². The Balaban J connectivity index is 4.20. The van der Waals surface area contributed by atoms with Crippen LogP contribution in [0.3, 0.4) is 0 Å². The lowest BCUT2D eigenvalue weighted by Gasteiger charge is -1.98. The highest BCUT2D eigenvalue weighted by Gasteiger charge is 2.07. The number of carbonyl (C=O) groups is 3. The van der Waals surface area contributed by atoms with Gasteiger partial charge in [-0.3, -0.25) is 9.59 Å². The Labute approximate surface area is 74.7 Å². The quantitative estimate of drug-likeness (QED) is 0.317. The second kappa shape index (κ2) is 4.91. The van der Waals surface area contributed by atoms with E-state index in [0.717, 1.165) is 6.20 Å². The molecule has 13 heavy (non-hydrogen) atoms. The van der Waals surface area contributed by atoms with Gasteiger partial charge in [-0.05, 0) is 6.92 Å². The Morgan fingerprint density at radius 2 is 1.92 bits per heavy atom. The highest BCUT2D eigenvalue weighted by atomic mass is 16.5. The maximum Gasteiger partial charge on any atom is 0.334 e. The van der Waals surface area contributed by atoms with Gasteiger partial charge in [0.05, 0.1) is 12.7 Å². The second-order valence-corrected chi connectivity index (χ2v) is 2.16. The molecule has 0 saturated heterocycles. The van der Waals surface area contributed by atoms with Crippen molar-refractivity contribution in [2.45, 2.75) is 6.92 Å². The Hall–Kier alpha value is -1.85. The van der Waals surface area contributed by atoms with Gasteiger partial charge in [0.25, 0.3) is 0 Å². The minimum atomic E-state index is -1.12. The van der Waals surface area contributed by atoms with E-state index < -0.39 is 17.8 Å². The summed E-state index contributed by atoms with van der Waals surface area (Å²) >= 11 is 0. The van der Waals surface area contributed by atoms with E-state index in [1.807, 2.05) is 5.32 Å². The average Bonchev–Trinajstić information content (AvgIpc) is 2.11. The van der Waals surface area contributed by atoms with Gasteiger partial charge in [0.15, 0.2) is 0 Å². The SMILES string of the molecule is COC(=O)C(C)=CNC(=O)C(N)=O. The average molecular weight is 186 g/mol. The molecular formula is C7H10N2O4. The van der Waals surface area contributed by atoms with Crippen LogP contribution in [0.25, 0.3) is 0 Å². The summed E-state index contributed by atoms with van der Waals surface area (Å²) in [4.78, 5) is 31.5. The first-order valence-corrected chi connectivity index (χ1v) is 3.34. The van der Waals surface area contributed by atoms with Crippen LogP contribution in [0.15, 0.2) is 11.8 Å². The predicted octanol–water partition coefficient (Wildman–Crippen LogP) is -1.34. The number of ether oxygens (including phenoxy) is 1. The Morgan fingerprint density at radius 3 is 2.31 bits per heavy atom. The lowest BCUT2D eigenvalue weighted by Crippen LogP contribution is -2.33. The van der Waals surface area contributed by atoms with Crippen molar-refractivity contribution in [3.63, 3.8) is 0 Å². The van der Waals surface area contributed by atoms with Gasteiger partial charge in [0, 0.05) is 6.20 Å². The lowest BCUT2D eigenvalue weighted by atomic mass is 10.3. The molecule has 3 N–H and O–H groups in total. The summed E-state index contributed by atoms with van der Waals surface area (Å²) in [6, 6.07) is 0. The number of carbonyl (C=O) groups excluding carboxylic acids is 3. The molecule has 0 aliphatic carbocycles. The molecular weight excluding hydrogens is 176 g/mol. The van der Waals surface area contributed by atoms with E-state index in [1.165, 1.54) is 14.0 Å². The number of primary amides is 1. The van der Waals surface area contributed by atoms with E-state index in [2.05, 4.69) is 10.5 Å². The lowest BCUT2D eigenvalue weighted by molar-refractivity contribution is -0.137. The van der Waals surface area contributed by atoms with Gasteiger partial charge in [0.2, 0.25) is 0 Å². The standard InChI is InChI=1S/C7H10N2O4/c1-4(7(12)13-2)3-9-6(11)5(8)10/h3H,1-2H3,(H2,8,10)(H,9,11). The molecule has 6 heteroatoms. The van der Waals surface area contributed by atoms with Crippen LogP contribution in [0.2, 0.25) is 0 Å². The molecule has 0 heterocycles. The Morgan fingerprint density at radius 1 is 1.38 bits per heavy atom. The number of esters is 1. The fraction of sp³-hybridized carbons (Fsp3) is 0.286. The van der Waals surface area contributed by atoms with Crippen LogP contribution >= 0.6 is 0 Å². The van der Waals surface area contributed by atoms with E-state index in [1.54, 1.807) is 0 Å². The summed E-state index contributed by atoms with van der Waals surface area (Å²) in [5, 5.41) is 2.02. The molecule has 72 valence electrons. The van der Waals surface area contributed by atoms with Crippen LogP contribution in [0.1, 0.15) is 6.92 Å². The normalized spacial score (nSPS) is 10.5. The van der Waals surface area contributed by atoms with Crippen LogP contribution in [0, 0.1) is 0 Å². The summed E-state index contributed by atoms with van der Waals surface area (Å²) in [5.74, 6) is -2.69. The summed E-state index contributed by atoms with van der Waals surface area (Å²) in [5.41, 5.74) is 4.80. The second-order valence-electron chi connectivity index (χ2n) is 2.16. The van der Waals surface area contributed by atoms with Gasteiger partial charge in [-0.2, -0.15) is 0 Å². The minimum Gasteiger partial charge on any atom is -0.466 e. The van der Waals surface area contributed by atoms with E-state index in [4.69, 9.17) is 0 Å². The predicted molar refractivity (Wildman–Crippen MR) is 43.1 cm³/mol. The zero-order chi connectivity index (χ0) is 10.4. The van der Waals surface area contributed by atoms with E-state index in [-0.39, 0.29) is 5.57 Å². The number of hydrogen-bond acceptors (Lipinski definition) is 4. The summed E-state index contributed by atoms with van der Waals surface area (Å²) in [6.45, 7) is 1.42. The molecule has 0 rings (SSSR count). The van der Waals surface area contributed by atoms with Crippen molar-refractivity contribution in [1.82, 2.24) is 5.32 Å². The smallest absolute Gasteiger partial charge is 0.334 e. The maximum absolute atomic E-state index is 10.7.